The van der Waals surface area contributed by atoms with Crippen LogP contribution >= 0.6 is 0 Å². The normalized spacial score (nSPS) is 13.7. The molecule has 0 bridgehead atoms. The Bertz CT molecular complexity index is 995. The van der Waals surface area contributed by atoms with Gasteiger partial charge in [-0.2, -0.15) is 0 Å². The average Bonchev–Trinajstić information content (AvgIpc) is 3.23. The average molecular weight is 376 g/mol. The molecule has 1 fully saturated rings. The number of anilines is 2. The molecule has 1 aromatic carbocycles. The van der Waals surface area contributed by atoms with Crippen LogP contribution in [0.2, 0.25) is 0 Å². The van der Waals surface area contributed by atoms with E-state index in [1.165, 1.54) is 24.5 Å². The summed E-state index contributed by atoms with van der Waals surface area (Å²) < 4.78 is 0. The van der Waals surface area contributed by atoms with Gasteiger partial charge in [0.05, 0.1) is 11.4 Å². The van der Waals surface area contributed by atoms with E-state index in [1.807, 2.05) is 25.1 Å². The molecule has 1 aliphatic rings. The lowest BCUT2D eigenvalue weighted by Crippen LogP contribution is -2.21. The number of H-pyrrole nitrogens is 1. The van der Waals surface area contributed by atoms with Gasteiger partial charge in [-0.25, -0.2) is 15.0 Å². The fourth-order valence-corrected chi connectivity index (χ4v) is 3.43. The van der Waals surface area contributed by atoms with E-state index in [0.29, 0.717) is 18.2 Å². The van der Waals surface area contributed by atoms with Gasteiger partial charge in [0.15, 0.2) is 0 Å². The third kappa shape index (κ3) is 4.19. The molecule has 0 atom stereocenters. The molecule has 7 heteroatoms. The fraction of sp³-hybridized carbons (Fsp3) is 0.333. The lowest BCUT2D eigenvalue weighted by atomic mass is 10.1. The number of aryl methyl sites for hydroxylation is 1. The molecule has 0 spiro atoms. The minimum Gasteiger partial charge on any atom is -0.355 e. The monoisotopic (exact) mass is 376 g/mol. The third-order valence-corrected chi connectivity index (χ3v) is 4.92. The van der Waals surface area contributed by atoms with E-state index >= 15 is 0 Å². The van der Waals surface area contributed by atoms with E-state index in [0.717, 1.165) is 36.7 Å². The van der Waals surface area contributed by atoms with Crippen molar-refractivity contribution >= 4 is 11.9 Å². The summed E-state index contributed by atoms with van der Waals surface area (Å²) in [5, 5.41) is 3.20. The van der Waals surface area contributed by atoms with Crippen molar-refractivity contribution in [2.75, 3.05) is 29.9 Å². The highest BCUT2D eigenvalue weighted by Gasteiger charge is 2.17. The molecule has 2 N–H and O–H groups in total. The van der Waals surface area contributed by atoms with Crippen molar-refractivity contribution in [3.8, 4) is 11.3 Å². The Morgan fingerprint density at radius 1 is 1.14 bits per heavy atom. The van der Waals surface area contributed by atoms with E-state index in [2.05, 4.69) is 42.3 Å². The first kappa shape index (κ1) is 18.2. The number of aromatic nitrogens is 4. The summed E-state index contributed by atoms with van der Waals surface area (Å²) in [5.74, 6) is 1.21. The Kier molecular flexibility index (Phi) is 5.32. The first-order valence-corrected chi connectivity index (χ1v) is 9.67. The van der Waals surface area contributed by atoms with Crippen LogP contribution in [-0.4, -0.2) is 39.6 Å². The molecular formula is C21H24N6O. The van der Waals surface area contributed by atoms with Crippen LogP contribution in [0, 0.1) is 6.92 Å². The zero-order valence-corrected chi connectivity index (χ0v) is 16.0. The Morgan fingerprint density at radius 2 is 1.93 bits per heavy atom. The van der Waals surface area contributed by atoms with Gasteiger partial charge in [-0.1, -0.05) is 30.3 Å². The molecule has 3 heterocycles. The molecule has 28 heavy (non-hydrogen) atoms. The van der Waals surface area contributed by atoms with Crippen LogP contribution in [-0.2, 0) is 6.42 Å². The molecule has 3 aromatic rings. The molecule has 0 saturated carbocycles. The summed E-state index contributed by atoms with van der Waals surface area (Å²) in [6, 6.07) is 11.7. The molecule has 0 unspecified atom stereocenters. The van der Waals surface area contributed by atoms with E-state index < -0.39 is 0 Å². The van der Waals surface area contributed by atoms with Crippen molar-refractivity contribution in [1.29, 1.82) is 0 Å². The molecule has 7 nitrogen and oxygen atoms in total. The second-order valence-corrected chi connectivity index (χ2v) is 7.00. The SMILES string of the molecule is Cc1nc(N2CCCC2)ncc1-c1cc(=O)[nH]c(NCCc2ccccc2)n1. The van der Waals surface area contributed by atoms with Crippen molar-refractivity contribution in [2.24, 2.45) is 0 Å². The second-order valence-electron chi connectivity index (χ2n) is 7.00. The molecule has 0 aliphatic carbocycles. The Labute approximate surface area is 163 Å². The Morgan fingerprint density at radius 3 is 2.68 bits per heavy atom. The van der Waals surface area contributed by atoms with Crippen LogP contribution in [0.15, 0.2) is 47.4 Å². The number of hydrogen-bond acceptors (Lipinski definition) is 6. The van der Waals surface area contributed by atoms with E-state index in [4.69, 9.17) is 0 Å². The number of rotatable bonds is 6. The van der Waals surface area contributed by atoms with Gasteiger partial charge in [-0.15, -0.1) is 0 Å². The van der Waals surface area contributed by atoms with Crippen LogP contribution in [0.1, 0.15) is 24.1 Å². The van der Waals surface area contributed by atoms with Gasteiger partial charge >= 0.3 is 0 Å². The van der Waals surface area contributed by atoms with Crippen LogP contribution < -0.4 is 15.8 Å². The molecule has 0 radical (unpaired) electrons. The molecule has 2 aromatic heterocycles. The first-order valence-electron chi connectivity index (χ1n) is 9.67. The molecule has 1 saturated heterocycles. The second kappa shape index (κ2) is 8.21. The quantitative estimate of drug-likeness (QED) is 0.688. The van der Waals surface area contributed by atoms with Crippen molar-refractivity contribution in [3.63, 3.8) is 0 Å². The van der Waals surface area contributed by atoms with Crippen LogP contribution in [0.3, 0.4) is 0 Å². The minimum atomic E-state index is -0.199. The van der Waals surface area contributed by atoms with Crippen molar-refractivity contribution in [1.82, 2.24) is 19.9 Å². The largest absolute Gasteiger partial charge is 0.355 e. The molecular weight excluding hydrogens is 352 g/mol. The van der Waals surface area contributed by atoms with Crippen molar-refractivity contribution in [2.45, 2.75) is 26.2 Å². The van der Waals surface area contributed by atoms with E-state index in [1.54, 1.807) is 6.20 Å². The number of nitrogens with one attached hydrogen (secondary N) is 2. The molecule has 0 amide bonds. The first-order chi connectivity index (χ1) is 13.7. The number of aromatic amines is 1. The standard InChI is InChI=1S/C21H24N6O/c1-15-17(14-23-21(24-15)27-11-5-6-12-27)18-13-19(28)26-20(25-18)22-10-9-16-7-3-2-4-8-16/h2-4,7-8,13-14H,5-6,9-12H2,1H3,(H2,22,25,26,28). The maximum Gasteiger partial charge on any atom is 0.252 e. The van der Waals surface area contributed by atoms with Gasteiger partial charge in [-0.3, -0.25) is 9.78 Å². The number of hydrogen-bond donors (Lipinski definition) is 2. The lowest BCUT2D eigenvalue weighted by molar-refractivity contribution is 0.889. The summed E-state index contributed by atoms with van der Waals surface area (Å²) in [6.07, 6.45) is 4.97. The highest BCUT2D eigenvalue weighted by molar-refractivity contribution is 5.62. The van der Waals surface area contributed by atoms with Crippen molar-refractivity contribution in [3.05, 3.63) is 64.2 Å². The van der Waals surface area contributed by atoms with Crippen LogP contribution in [0.25, 0.3) is 11.3 Å². The third-order valence-electron chi connectivity index (χ3n) is 4.92. The summed E-state index contributed by atoms with van der Waals surface area (Å²) in [4.78, 5) is 30.8. The van der Waals surface area contributed by atoms with Crippen molar-refractivity contribution < 1.29 is 0 Å². The van der Waals surface area contributed by atoms with Gasteiger partial charge in [0, 0.05) is 37.5 Å². The number of nitrogens with zero attached hydrogens (tertiary/aromatic N) is 4. The van der Waals surface area contributed by atoms with E-state index in [-0.39, 0.29) is 5.56 Å². The molecule has 144 valence electrons. The zero-order chi connectivity index (χ0) is 19.3. The summed E-state index contributed by atoms with van der Waals surface area (Å²) in [5.41, 5.74) is 3.22. The topological polar surface area (TPSA) is 86.8 Å². The lowest BCUT2D eigenvalue weighted by Gasteiger charge is -2.16. The summed E-state index contributed by atoms with van der Waals surface area (Å²) in [7, 11) is 0. The van der Waals surface area contributed by atoms with Gasteiger partial charge in [0.1, 0.15) is 0 Å². The maximum absolute atomic E-state index is 12.1. The predicted octanol–water partition coefficient (Wildman–Crippen LogP) is 2.79. The number of benzene rings is 1. The fourth-order valence-electron chi connectivity index (χ4n) is 3.43. The summed E-state index contributed by atoms with van der Waals surface area (Å²) in [6.45, 7) is 4.61. The predicted molar refractivity (Wildman–Crippen MR) is 111 cm³/mol. The van der Waals surface area contributed by atoms with Gasteiger partial charge < -0.3 is 10.2 Å². The molecule has 4 rings (SSSR count). The molecule has 1 aliphatic heterocycles. The minimum absolute atomic E-state index is 0.199. The Hall–Kier alpha value is -3.22. The highest BCUT2D eigenvalue weighted by atomic mass is 16.1. The van der Waals surface area contributed by atoms with E-state index in [9.17, 15) is 4.79 Å². The Balaban J connectivity index is 1.51. The highest BCUT2D eigenvalue weighted by Crippen LogP contribution is 2.22. The maximum atomic E-state index is 12.1. The summed E-state index contributed by atoms with van der Waals surface area (Å²) >= 11 is 0. The van der Waals surface area contributed by atoms with Crippen LogP contribution in [0.4, 0.5) is 11.9 Å². The van der Waals surface area contributed by atoms with Gasteiger partial charge in [0.2, 0.25) is 11.9 Å². The smallest absolute Gasteiger partial charge is 0.252 e. The van der Waals surface area contributed by atoms with Gasteiger partial charge in [-0.05, 0) is 31.7 Å². The van der Waals surface area contributed by atoms with Crippen LogP contribution in [0.5, 0.6) is 0 Å². The zero-order valence-electron chi connectivity index (χ0n) is 16.0. The van der Waals surface area contributed by atoms with Gasteiger partial charge in [0.25, 0.3) is 5.56 Å².